The van der Waals surface area contributed by atoms with Gasteiger partial charge in [0.2, 0.25) is 0 Å². The van der Waals surface area contributed by atoms with Gasteiger partial charge in [-0.1, -0.05) is 6.07 Å². The van der Waals surface area contributed by atoms with E-state index in [4.69, 9.17) is 9.47 Å². The molecular weight excluding hydrogens is 392 g/mol. The highest BCUT2D eigenvalue weighted by Crippen LogP contribution is 2.21. The summed E-state index contributed by atoms with van der Waals surface area (Å²) < 4.78 is 38.6. The normalized spacial score (nSPS) is 16.4. The molecule has 2 N–H and O–H groups in total. The van der Waals surface area contributed by atoms with Crippen molar-refractivity contribution in [3.05, 3.63) is 53.6 Å². The topological polar surface area (TPSA) is 93.7 Å². The molecule has 1 atom stereocenters. The van der Waals surface area contributed by atoms with Crippen LogP contribution in [-0.4, -0.2) is 40.2 Å². The van der Waals surface area contributed by atoms with E-state index in [0.717, 1.165) is 30.6 Å². The summed E-state index contributed by atoms with van der Waals surface area (Å²) in [4.78, 5) is 12.0. The molecule has 1 heterocycles. The summed E-state index contributed by atoms with van der Waals surface area (Å²) in [5.74, 6) is 0.177. The van der Waals surface area contributed by atoms with Crippen LogP contribution in [-0.2, 0) is 19.6 Å². The quantitative estimate of drug-likeness (QED) is 0.688. The SMILES string of the molecule is Cc1cc(C)cc(NS(=O)(=O)c2ccc(OCC(=O)NC[C@H]3CCCO3)cc2)c1. The van der Waals surface area contributed by atoms with Crippen molar-refractivity contribution in [2.45, 2.75) is 37.7 Å². The minimum atomic E-state index is -3.71. The smallest absolute Gasteiger partial charge is 0.261 e. The van der Waals surface area contributed by atoms with Crippen molar-refractivity contribution in [3.63, 3.8) is 0 Å². The second-order valence-electron chi connectivity index (χ2n) is 7.18. The fraction of sp³-hybridized carbons (Fsp3) is 0.381. The van der Waals surface area contributed by atoms with Crippen LogP contribution < -0.4 is 14.8 Å². The number of benzene rings is 2. The maximum absolute atomic E-state index is 12.6. The van der Waals surface area contributed by atoms with Gasteiger partial charge in [0.05, 0.1) is 11.0 Å². The van der Waals surface area contributed by atoms with E-state index in [0.29, 0.717) is 18.0 Å². The third kappa shape index (κ3) is 6.20. The molecule has 7 nitrogen and oxygen atoms in total. The highest BCUT2D eigenvalue weighted by atomic mass is 32.2. The van der Waals surface area contributed by atoms with Crippen LogP contribution in [0, 0.1) is 13.8 Å². The zero-order valence-corrected chi connectivity index (χ0v) is 17.4. The van der Waals surface area contributed by atoms with Gasteiger partial charge in [0, 0.05) is 18.8 Å². The minimum Gasteiger partial charge on any atom is -0.484 e. The Labute approximate surface area is 171 Å². The Morgan fingerprint density at radius 1 is 1.14 bits per heavy atom. The molecule has 1 amide bonds. The van der Waals surface area contributed by atoms with E-state index in [2.05, 4.69) is 10.0 Å². The Balaban J connectivity index is 1.53. The van der Waals surface area contributed by atoms with Gasteiger partial charge in [-0.15, -0.1) is 0 Å². The Hall–Kier alpha value is -2.58. The van der Waals surface area contributed by atoms with E-state index >= 15 is 0 Å². The Bertz CT molecular complexity index is 931. The maximum Gasteiger partial charge on any atom is 0.261 e. The van der Waals surface area contributed by atoms with E-state index < -0.39 is 10.0 Å². The Morgan fingerprint density at radius 3 is 2.45 bits per heavy atom. The van der Waals surface area contributed by atoms with Gasteiger partial charge in [0.15, 0.2) is 6.61 Å². The van der Waals surface area contributed by atoms with Crippen molar-refractivity contribution in [3.8, 4) is 5.75 Å². The van der Waals surface area contributed by atoms with Crippen molar-refractivity contribution in [1.82, 2.24) is 5.32 Å². The number of rotatable bonds is 8. The average Bonchev–Trinajstić information content (AvgIpc) is 3.17. The zero-order chi connectivity index (χ0) is 20.9. The van der Waals surface area contributed by atoms with Crippen LogP contribution in [0.4, 0.5) is 5.69 Å². The molecule has 1 saturated heterocycles. The standard InChI is InChI=1S/C21H26N2O5S/c1-15-10-16(2)12-17(11-15)23-29(25,26)20-7-5-18(6-8-20)28-14-21(24)22-13-19-4-3-9-27-19/h5-8,10-12,19,23H,3-4,9,13-14H2,1-2H3,(H,22,24)/t19-/m1/s1. The summed E-state index contributed by atoms with van der Waals surface area (Å²) in [6, 6.07) is 11.5. The largest absolute Gasteiger partial charge is 0.484 e. The number of amides is 1. The molecule has 1 aliphatic heterocycles. The van der Waals surface area contributed by atoms with E-state index in [1.165, 1.54) is 24.3 Å². The molecule has 0 aromatic heterocycles. The number of nitrogens with one attached hydrogen (secondary N) is 2. The molecular formula is C21H26N2O5S. The molecule has 2 aromatic carbocycles. The summed E-state index contributed by atoms with van der Waals surface area (Å²) in [5, 5.41) is 2.77. The first-order valence-corrected chi connectivity index (χ1v) is 11.0. The van der Waals surface area contributed by atoms with E-state index in [9.17, 15) is 13.2 Å². The van der Waals surface area contributed by atoms with Gasteiger partial charge in [-0.25, -0.2) is 8.42 Å². The first kappa shape index (κ1) is 21.1. The van der Waals surface area contributed by atoms with Crippen molar-refractivity contribution < 1.29 is 22.7 Å². The molecule has 0 bridgehead atoms. The lowest BCUT2D eigenvalue weighted by Gasteiger charge is -2.12. The fourth-order valence-corrected chi connectivity index (χ4v) is 4.24. The summed E-state index contributed by atoms with van der Waals surface area (Å²) in [6.45, 7) is 4.90. The first-order chi connectivity index (χ1) is 13.8. The molecule has 3 rings (SSSR count). The van der Waals surface area contributed by atoms with Gasteiger partial charge in [-0.2, -0.15) is 0 Å². The molecule has 0 aliphatic carbocycles. The molecule has 1 fully saturated rings. The van der Waals surface area contributed by atoms with E-state index in [-0.39, 0.29) is 23.5 Å². The Morgan fingerprint density at radius 2 is 1.83 bits per heavy atom. The number of aryl methyl sites for hydroxylation is 2. The average molecular weight is 419 g/mol. The maximum atomic E-state index is 12.6. The summed E-state index contributed by atoms with van der Waals surface area (Å²) in [6.07, 6.45) is 2.05. The van der Waals surface area contributed by atoms with Crippen LogP contribution in [0.2, 0.25) is 0 Å². The van der Waals surface area contributed by atoms with Gasteiger partial charge < -0.3 is 14.8 Å². The van der Waals surface area contributed by atoms with Crippen molar-refractivity contribution in [1.29, 1.82) is 0 Å². The van der Waals surface area contributed by atoms with Gasteiger partial charge in [-0.3, -0.25) is 9.52 Å². The summed E-state index contributed by atoms with van der Waals surface area (Å²) >= 11 is 0. The predicted molar refractivity (Wildman–Crippen MR) is 111 cm³/mol. The van der Waals surface area contributed by atoms with Crippen molar-refractivity contribution in [2.75, 3.05) is 24.5 Å². The monoisotopic (exact) mass is 418 g/mol. The third-order valence-corrected chi connectivity index (χ3v) is 5.93. The van der Waals surface area contributed by atoms with Crippen LogP contribution in [0.1, 0.15) is 24.0 Å². The molecule has 0 spiro atoms. The molecule has 8 heteroatoms. The fourth-order valence-electron chi connectivity index (χ4n) is 3.20. The second-order valence-corrected chi connectivity index (χ2v) is 8.86. The van der Waals surface area contributed by atoms with E-state index in [1.54, 1.807) is 12.1 Å². The predicted octanol–water partition coefficient (Wildman–Crippen LogP) is 2.78. The van der Waals surface area contributed by atoms with Crippen molar-refractivity contribution in [2.24, 2.45) is 0 Å². The van der Waals surface area contributed by atoms with Crippen LogP contribution in [0.15, 0.2) is 47.4 Å². The lowest BCUT2D eigenvalue weighted by Crippen LogP contribution is -2.35. The molecule has 0 radical (unpaired) electrons. The van der Waals surface area contributed by atoms with Gasteiger partial charge >= 0.3 is 0 Å². The van der Waals surface area contributed by atoms with Crippen LogP contribution in [0.5, 0.6) is 5.75 Å². The first-order valence-electron chi connectivity index (χ1n) is 9.54. The molecule has 29 heavy (non-hydrogen) atoms. The molecule has 1 aliphatic rings. The van der Waals surface area contributed by atoms with Gasteiger partial charge in [0.1, 0.15) is 5.75 Å². The van der Waals surface area contributed by atoms with Gasteiger partial charge in [0.25, 0.3) is 15.9 Å². The highest BCUT2D eigenvalue weighted by Gasteiger charge is 2.17. The number of ether oxygens (including phenoxy) is 2. The third-order valence-electron chi connectivity index (χ3n) is 4.53. The number of anilines is 1. The summed E-state index contributed by atoms with van der Waals surface area (Å²) in [7, 11) is -3.71. The lowest BCUT2D eigenvalue weighted by molar-refractivity contribution is -0.123. The lowest BCUT2D eigenvalue weighted by atomic mass is 10.1. The number of sulfonamides is 1. The molecule has 2 aromatic rings. The van der Waals surface area contributed by atoms with E-state index in [1.807, 2.05) is 19.9 Å². The number of carbonyl (C=O) groups excluding carboxylic acids is 1. The highest BCUT2D eigenvalue weighted by molar-refractivity contribution is 7.92. The minimum absolute atomic E-state index is 0.0770. The Kier molecular flexibility index (Phi) is 6.76. The second kappa shape index (κ2) is 9.28. The van der Waals surface area contributed by atoms with Gasteiger partial charge in [-0.05, 0) is 74.2 Å². The molecule has 156 valence electrons. The van der Waals surface area contributed by atoms with Crippen LogP contribution in [0.3, 0.4) is 0 Å². The van der Waals surface area contributed by atoms with Crippen LogP contribution in [0.25, 0.3) is 0 Å². The number of carbonyl (C=O) groups is 1. The number of hydrogen-bond donors (Lipinski definition) is 2. The molecule has 0 saturated carbocycles. The number of hydrogen-bond acceptors (Lipinski definition) is 5. The molecule has 0 unspecified atom stereocenters. The summed E-state index contributed by atoms with van der Waals surface area (Å²) in [5.41, 5.74) is 2.47. The van der Waals surface area contributed by atoms with Crippen LogP contribution >= 0.6 is 0 Å². The van der Waals surface area contributed by atoms with Crippen molar-refractivity contribution >= 4 is 21.6 Å². The zero-order valence-electron chi connectivity index (χ0n) is 16.6.